The van der Waals surface area contributed by atoms with Gasteiger partial charge in [-0.2, -0.15) is 0 Å². The minimum Gasteiger partial charge on any atom is -0.312 e. The molecule has 2 atom stereocenters. The van der Waals surface area contributed by atoms with Crippen LogP contribution in [0.5, 0.6) is 0 Å². The van der Waals surface area contributed by atoms with Crippen LogP contribution in [0.4, 0.5) is 4.39 Å². The van der Waals surface area contributed by atoms with Crippen molar-refractivity contribution >= 4 is 0 Å². The summed E-state index contributed by atoms with van der Waals surface area (Å²) in [5.74, 6) is 0.0942. The van der Waals surface area contributed by atoms with Crippen LogP contribution < -0.4 is 5.32 Å². The van der Waals surface area contributed by atoms with E-state index < -0.39 is 0 Å². The van der Waals surface area contributed by atoms with E-state index in [-0.39, 0.29) is 11.9 Å². The van der Waals surface area contributed by atoms with Gasteiger partial charge in [-0.25, -0.2) is 4.39 Å². The Morgan fingerprint density at radius 1 is 1.30 bits per heavy atom. The summed E-state index contributed by atoms with van der Waals surface area (Å²) in [5, 5.41) is 3.30. The highest BCUT2D eigenvalue weighted by Gasteiger charge is 2.29. The Bertz CT molecular complexity index is 597. The second kappa shape index (κ2) is 5.71. The Morgan fingerprint density at radius 3 is 2.95 bits per heavy atom. The average Bonchev–Trinajstić information content (AvgIpc) is 2.50. The van der Waals surface area contributed by atoms with Gasteiger partial charge in [0.25, 0.3) is 0 Å². The van der Waals surface area contributed by atoms with Crippen LogP contribution in [-0.2, 0) is 6.42 Å². The number of hydrogen-bond acceptors (Lipinski definition) is 2. The Hall–Kier alpha value is -1.74. The first-order chi connectivity index (χ1) is 9.81. The van der Waals surface area contributed by atoms with Crippen molar-refractivity contribution in [1.29, 1.82) is 0 Å². The van der Waals surface area contributed by atoms with E-state index in [9.17, 15) is 4.39 Å². The maximum Gasteiger partial charge on any atom is 0.146 e. The molecule has 3 heteroatoms. The van der Waals surface area contributed by atoms with E-state index in [2.05, 4.69) is 34.6 Å². The van der Waals surface area contributed by atoms with Crippen molar-refractivity contribution in [1.82, 2.24) is 10.3 Å². The van der Waals surface area contributed by atoms with E-state index >= 15 is 0 Å². The van der Waals surface area contributed by atoms with Crippen LogP contribution in [0.2, 0.25) is 0 Å². The molecule has 1 heterocycles. The number of rotatable bonds is 3. The van der Waals surface area contributed by atoms with Crippen LogP contribution in [0.25, 0.3) is 0 Å². The molecule has 1 aliphatic rings. The molecule has 1 aliphatic carbocycles. The summed E-state index contributed by atoms with van der Waals surface area (Å²) in [7, 11) is 1.90. The largest absolute Gasteiger partial charge is 0.312 e. The number of hydrogen-bond donors (Lipinski definition) is 1. The quantitative estimate of drug-likeness (QED) is 0.921. The lowest BCUT2D eigenvalue weighted by molar-refractivity contribution is 0.410. The Balaban J connectivity index is 2.01. The molecular weight excluding hydrogens is 251 g/mol. The van der Waals surface area contributed by atoms with Gasteiger partial charge in [-0.05, 0) is 43.5 Å². The van der Waals surface area contributed by atoms with Crippen LogP contribution in [-0.4, -0.2) is 12.0 Å². The number of nitrogens with zero attached hydrogens (tertiary/aromatic N) is 1. The van der Waals surface area contributed by atoms with Gasteiger partial charge >= 0.3 is 0 Å². The van der Waals surface area contributed by atoms with Gasteiger partial charge in [0.2, 0.25) is 0 Å². The smallest absolute Gasteiger partial charge is 0.146 e. The van der Waals surface area contributed by atoms with E-state index in [1.54, 1.807) is 12.3 Å². The first-order valence-corrected chi connectivity index (χ1v) is 7.15. The van der Waals surface area contributed by atoms with E-state index in [4.69, 9.17) is 0 Å². The summed E-state index contributed by atoms with van der Waals surface area (Å²) in [6.07, 6.45) is 6.34. The first kappa shape index (κ1) is 13.3. The lowest BCUT2D eigenvalue weighted by Crippen LogP contribution is -2.27. The number of fused-ring (bicyclic) bond motifs is 1. The van der Waals surface area contributed by atoms with Crippen molar-refractivity contribution in [2.24, 2.45) is 0 Å². The van der Waals surface area contributed by atoms with Crippen molar-refractivity contribution in [3.63, 3.8) is 0 Å². The molecule has 0 radical (unpaired) electrons. The normalized spacial score (nSPS) is 19.4. The SMILES string of the molecule is CNC(c1ccncc1F)C1CCCc2ccccc21. The molecule has 0 aliphatic heterocycles. The predicted molar refractivity (Wildman–Crippen MR) is 78.1 cm³/mol. The number of pyridine rings is 1. The van der Waals surface area contributed by atoms with E-state index in [1.807, 2.05) is 7.05 Å². The Morgan fingerprint density at radius 2 is 2.15 bits per heavy atom. The minimum absolute atomic E-state index is 0.000509. The zero-order valence-electron chi connectivity index (χ0n) is 11.6. The topological polar surface area (TPSA) is 24.9 Å². The molecular formula is C17H19FN2. The predicted octanol–water partition coefficient (Wildman–Crippen LogP) is 3.60. The van der Waals surface area contributed by atoms with E-state index in [0.717, 1.165) is 19.3 Å². The highest BCUT2D eigenvalue weighted by molar-refractivity contribution is 5.36. The summed E-state index contributed by atoms with van der Waals surface area (Å²) in [6.45, 7) is 0. The lowest BCUT2D eigenvalue weighted by Gasteiger charge is -2.32. The number of nitrogens with one attached hydrogen (secondary N) is 1. The maximum absolute atomic E-state index is 14.1. The van der Waals surface area contributed by atoms with Gasteiger partial charge in [0.15, 0.2) is 0 Å². The monoisotopic (exact) mass is 270 g/mol. The van der Waals surface area contributed by atoms with Gasteiger partial charge in [-0.15, -0.1) is 0 Å². The fraction of sp³-hybridized carbons (Fsp3) is 0.353. The van der Waals surface area contributed by atoms with E-state index in [1.165, 1.54) is 17.3 Å². The molecule has 1 N–H and O–H groups in total. The van der Waals surface area contributed by atoms with E-state index in [0.29, 0.717) is 11.5 Å². The molecule has 3 rings (SSSR count). The van der Waals surface area contributed by atoms with Gasteiger partial charge in [-0.1, -0.05) is 24.3 Å². The van der Waals surface area contributed by atoms with Crippen molar-refractivity contribution in [2.45, 2.75) is 31.2 Å². The van der Waals surface area contributed by atoms with Crippen molar-refractivity contribution < 1.29 is 4.39 Å². The summed E-state index contributed by atoms with van der Waals surface area (Å²) in [5.41, 5.74) is 3.47. The first-order valence-electron chi connectivity index (χ1n) is 7.15. The highest BCUT2D eigenvalue weighted by Crippen LogP contribution is 2.40. The van der Waals surface area contributed by atoms with Gasteiger partial charge in [0.05, 0.1) is 6.20 Å². The number of halogens is 1. The number of aromatic nitrogens is 1. The summed E-state index contributed by atoms with van der Waals surface area (Å²) >= 11 is 0. The molecule has 1 aromatic carbocycles. The molecule has 0 saturated carbocycles. The standard InChI is InChI=1S/C17H19FN2/c1-19-17(15-9-10-20-11-16(15)18)14-8-4-6-12-5-2-3-7-13(12)14/h2-3,5,7,9-11,14,17,19H,4,6,8H2,1H3. The van der Waals surface area contributed by atoms with Crippen LogP contribution >= 0.6 is 0 Å². The van der Waals surface area contributed by atoms with Crippen LogP contribution in [0.3, 0.4) is 0 Å². The van der Waals surface area contributed by atoms with Crippen molar-refractivity contribution in [2.75, 3.05) is 7.05 Å². The van der Waals surface area contributed by atoms with Crippen LogP contribution in [0.15, 0.2) is 42.7 Å². The second-order valence-electron chi connectivity index (χ2n) is 5.36. The number of likely N-dealkylation sites (N-methyl/N-ethyl adjacent to an activating group) is 1. The van der Waals surface area contributed by atoms with Crippen LogP contribution in [0.1, 0.15) is 41.5 Å². The number of aryl methyl sites for hydroxylation is 1. The average molecular weight is 270 g/mol. The van der Waals surface area contributed by atoms with Crippen LogP contribution in [0, 0.1) is 5.82 Å². The lowest BCUT2D eigenvalue weighted by atomic mass is 9.77. The second-order valence-corrected chi connectivity index (χ2v) is 5.36. The third-order valence-corrected chi connectivity index (χ3v) is 4.27. The molecule has 0 fully saturated rings. The van der Waals surface area contributed by atoms with Gasteiger partial charge < -0.3 is 5.32 Å². The van der Waals surface area contributed by atoms with Crippen molar-refractivity contribution in [3.8, 4) is 0 Å². The molecule has 0 bridgehead atoms. The fourth-order valence-corrected chi connectivity index (χ4v) is 3.35. The highest BCUT2D eigenvalue weighted by atomic mass is 19.1. The Labute approximate surface area is 119 Å². The molecule has 2 aromatic rings. The molecule has 0 amide bonds. The van der Waals surface area contributed by atoms with Crippen molar-refractivity contribution in [3.05, 3.63) is 65.2 Å². The summed E-state index contributed by atoms with van der Waals surface area (Å²) in [4.78, 5) is 3.85. The third kappa shape index (κ3) is 2.34. The van der Waals surface area contributed by atoms with Gasteiger partial charge in [0.1, 0.15) is 5.82 Å². The Kier molecular flexibility index (Phi) is 3.79. The molecule has 2 nitrogen and oxygen atoms in total. The molecule has 104 valence electrons. The zero-order chi connectivity index (χ0) is 13.9. The zero-order valence-corrected chi connectivity index (χ0v) is 11.6. The van der Waals surface area contributed by atoms with Gasteiger partial charge in [-0.3, -0.25) is 4.98 Å². The molecule has 2 unspecified atom stereocenters. The molecule has 0 saturated heterocycles. The number of benzene rings is 1. The maximum atomic E-state index is 14.1. The summed E-state index contributed by atoms with van der Waals surface area (Å²) in [6, 6.07) is 10.3. The summed E-state index contributed by atoms with van der Waals surface area (Å²) < 4.78 is 14.1. The van der Waals surface area contributed by atoms with Gasteiger partial charge in [0, 0.05) is 23.7 Å². The third-order valence-electron chi connectivity index (χ3n) is 4.27. The molecule has 1 aromatic heterocycles. The fourth-order valence-electron chi connectivity index (χ4n) is 3.35. The molecule has 0 spiro atoms. The molecule has 20 heavy (non-hydrogen) atoms. The minimum atomic E-state index is -0.227.